The van der Waals surface area contributed by atoms with E-state index in [2.05, 4.69) is 11.1 Å². The Bertz CT molecular complexity index is 856. The lowest BCUT2D eigenvalue weighted by Crippen LogP contribution is -1.96. The van der Waals surface area contributed by atoms with Crippen molar-refractivity contribution in [3.63, 3.8) is 0 Å². The summed E-state index contributed by atoms with van der Waals surface area (Å²) >= 11 is 0. The minimum Gasteiger partial charge on any atom is -0.341 e. The van der Waals surface area contributed by atoms with Crippen LogP contribution in [-0.2, 0) is 7.05 Å². The zero-order valence-corrected chi connectivity index (χ0v) is 10.9. The molecule has 0 fully saturated rings. The highest BCUT2D eigenvalue weighted by Crippen LogP contribution is 2.25. The Morgan fingerprint density at radius 1 is 1.25 bits per heavy atom. The maximum Gasteiger partial charge on any atom is 0.166 e. The van der Waals surface area contributed by atoms with Gasteiger partial charge in [0.25, 0.3) is 0 Å². The van der Waals surface area contributed by atoms with Crippen LogP contribution in [0.15, 0.2) is 42.6 Å². The van der Waals surface area contributed by atoms with E-state index < -0.39 is 0 Å². The van der Waals surface area contributed by atoms with Crippen molar-refractivity contribution in [3.8, 4) is 17.3 Å². The molecular formula is C16H11N3O. The van der Waals surface area contributed by atoms with Crippen molar-refractivity contribution in [1.29, 1.82) is 5.26 Å². The van der Waals surface area contributed by atoms with Crippen LogP contribution in [0.4, 0.5) is 0 Å². The van der Waals surface area contributed by atoms with Crippen molar-refractivity contribution in [1.82, 2.24) is 9.55 Å². The van der Waals surface area contributed by atoms with Gasteiger partial charge in [-0.15, -0.1) is 0 Å². The molecule has 0 unspecified atom stereocenters. The molecule has 0 radical (unpaired) electrons. The van der Waals surface area contributed by atoms with Gasteiger partial charge >= 0.3 is 0 Å². The molecule has 0 aliphatic heterocycles. The van der Waals surface area contributed by atoms with Crippen molar-refractivity contribution in [2.75, 3.05) is 0 Å². The summed E-state index contributed by atoms with van der Waals surface area (Å²) in [4.78, 5) is 15.2. The monoisotopic (exact) mass is 261 g/mol. The Labute approximate surface area is 115 Å². The molecule has 1 aromatic carbocycles. The number of hydrogen-bond donors (Lipinski definition) is 0. The van der Waals surface area contributed by atoms with Gasteiger partial charge < -0.3 is 4.57 Å². The average Bonchev–Trinajstić information content (AvgIpc) is 2.87. The van der Waals surface area contributed by atoms with Gasteiger partial charge in [0, 0.05) is 29.9 Å². The average molecular weight is 261 g/mol. The van der Waals surface area contributed by atoms with Gasteiger partial charge in [-0.3, -0.25) is 9.78 Å². The fourth-order valence-electron chi connectivity index (χ4n) is 2.28. The van der Waals surface area contributed by atoms with Crippen LogP contribution in [0.5, 0.6) is 0 Å². The molecule has 2 heterocycles. The Morgan fingerprint density at radius 2 is 2.10 bits per heavy atom. The third-order valence-corrected chi connectivity index (χ3v) is 3.39. The molecule has 0 aliphatic rings. The number of benzene rings is 1. The van der Waals surface area contributed by atoms with Crippen LogP contribution in [0.2, 0.25) is 0 Å². The molecule has 3 rings (SSSR count). The van der Waals surface area contributed by atoms with Crippen LogP contribution in [0.3, 0.4) is 0 Å². The first-order chi connectivity index (χ1) is 9.72. The second kappa shape index (κ2) is 4.63. The van der Waals surface area contributed by atoms with E-state index in [1.807, 2.05) is 41.9 Å². The normalized spacial score (nSPS) is 10.4. The number of hydrogen-bond acceptors (Lipinski definition) is 3. The van der Waals surface area contributed by atoms with E-state index in [9.17, 15) is 4.79 Å². The number of nitriles is 1. The van der Waals surface area contributed by atoms with Crippen LogP contribution in [0, 0.1) is 11.3 Å². The molecule has 4 heteroatoms. The van der Waals surface area contributed by atoms with Gasteiger partial charge in [0.15, 0.2) is 6.29 Å². The standard InChI is InChI=1S/C16H11N3O/c1-19-14(10-20)4-5-16(19)13-3-2-12-6-11(8-17)9-18-15(12)7-13/h2-7,9-10H,1H3. The predicted octanol–water partition coefficient (Wildman–Crippen LogP) is 2.92. The first kappa shape index (κ1) is 12.1. The summed E-state index contributed by atoms with van der Waals surface area (Å²) in [6.45, 7) is 0. The number of rotatable bonds is 2. The van der Waals surface area contributed by atoms with E-state index >= 15 is 0 Å². The molecule has 0 spiro atoms. The second-order valence-electron chi connectivity index (χ2n) is 4.56. The van der Waals surface area contributed by atoms with Crippen LogP contribution in [0.1, 0.15) is 16.1 Å². The van der Waals surface area contributed by atoms with Gasteiger partial charge in [0.2, 0.25) is 0 Å². The lowest BCUT2D eigenvalue weighted by Gasteiger charge is -2.06. The van der Waals surface area contributed by atoms with E-state index in [4.69, 9.17) is 5.26 Å². The Hall–Kier alpha value is -2.93. The molecule has 0 saturated heterocycles. The highest BCUT2D eigenvalue weighted by atomic mass is 16.1. The van der Waals surface area contributed by atoms with E-state index in [0.29, 0.717) is 11.3 Å². The quantitative estimate of drug-likeness (QED) is 0.666. The van der Waals surface area contributed by atoms with Gasteiger partial charge in [-0.25, -0.2) is 0 Å². The summed E-state index contributed by atoms with van der Waals surface area (Å²) in [7, 11) is 1.86. The molecule has 20 heavy (non-hydrogen) atoms. The maximum absolute atomic E-state index is 10.9. The van der Waals surface area contributed by atoms with E-state index in [0.717, 1.165) is 28.4 Å². The summed E-state index contributed by atoms with van der Waals surface area (Å²) in [6, 6.07) is 13.5. The smallest absolute Gasteiger partial charge is 0.166 e. The van der Waals surface area contributed by atoms with Crippen LogP contribution in [-0.4, -0.2) is 15.8 Å². The number of nitrogens with zero attached hydrogens (tertiary/aromatic N) is 3. The molecule has 0 N–H and O–H groups in total. The molecule has 0 aliphatic carbocycles. The molecule has 0 saturated carbocycles. The topological polar surface area (TPSA) is 58.7 Å². The minimum atomic E-state index is 0.548. The predicted molar refractivity (Wildman–Crippen MR) is 76.3 cm³/mol. The zero-order valence-electron chi connectivity index (χ0n) is 10.9. The summed E-state index contributed by atoms with van der Waals surface area (Å²) in [5.74, 6) is 0. The lowest BCUT2D eigenvalue weighted by atomic mass is 10.1. The lowest BCUT2D eigenvalue weighted by molar-refractivity contribution is 0.111. The van der Waals surface area contributed by atoms with E-state index in [1.165, 1.54) is 0 Å². The zero-order chi connectivity index (χ0) is 14.1. The van der Waals surface area contributed by atoms with Crippen LogP contribution < -0.4 is 0 Å². The molecule has 0 amide bonds. The molecule has 2 aromatic heterocycles. The first-order valence-corrected chi connectivity index (χ1v) is 6.14. The molecule has 96 valence electrons. The van der Waals surface area contributed by atoms with E-state index in [-0.39, 0.29) is 0 Å². The van der Waals surface area contributed by atoms with Crippen molar-refractivity contribution in [3.05, 3.63) is 53.9 Å². The van der Waals surface area contributed by atoms with Crippen molar-refractivity contribution >= 4 is 17.2 Å². The summed E-state index contributed by atoms with van der Waals surface area (Å²) in [6.07, 6.45) is 2.40. The fourth-order valence-corrected chi connectivity index (χ4v) is 2.28. The second-order valence-corrected chi connectivity index (χ2v) is 4.56. The van der Waals surface area contributed by atoms with Gasteiger partial charge in [-0.05, 0) is 24.3 Å². The van der Waals surface area contributed by atoms with Gasteiger partial charge in [0.05, 0.1) is 16.8 Å². The Kier molecular flexibility index (Phi) is 2.81. The highest BCUT2D eigenvalue weighted by Gasteiger charge is 2.07. The van der Waals surface area contributed by atoms with Crippen molar-refractivity contribution < 1.29 is 4.79 Å². The van der Waals surface area contributed by atoms with Gasteiger partial charge in [-0.2, -0.15) is 5.26 Å². The fraction of sp³-hybridized carbons (Fsp3) is 0.0625. The SMILES string of the molecule is Cn1c(C=O)ccc1-c1ccc2cc(C#N)cnc2c1. The minimum absolute atomic E-state index is 0.548. The third-order valence-electron chi connectivity index (χ3n) is 3.39. The Morgan fingerprint density at radius 3 is 2.80 bits per heavy atom. The Balaban J connectivity index is 2.16. The molecule has 4 nitrogen and oxygen atoms in total. The summed E-state index contributed by atoms with van der Waals surface area (Å²) < 4.78 is 1.85. The number of carbonyl (C=O) groups is 1. The highest BCUT2D eigenvalue weighted by molar-refractivity contribution is 5.85. The number of aldehydes is 1. The first-order valence-electron chi connectivity index (χ1n) is 6.14. The van der Waals surface area contributed by atoms with E-state index in [1.54, 1.807) is 12.3 Å². The number of pyridine rings is 1. The van der Waals surface area contributed by atoms with Gasteiger partial charge in [0.1, 0.15) is 6.07 Å². The van der Waals surface area contributed by atoms with Crippen LogP contribution >= 0.6 is 0 Å². The number of aromatic nitrogens is 2. The molecule has 3 aromatic rings. The summed E-state index contributed by atoms with van der Waals surface area (Å²) in [5.41, 5.74) is 3.96. The molecule has 0 atom stereocenters. The largest absolute Gasteiger partial charge is 0.341 e. The number of carbonyl (C=O) groups excluding carboxylic acids is 1. The maximum atomic E-state index is 10.9. The van der Waals surface area contributed by atoms with Crippen molar-refractivity contribution in [2.45, 2.75) is 0 Å². The molecular weight excluding hydrogens is 250 g/mol. The van der Waals surface area contributed by atoms with Gasteiger partial charge in [-0.1, -0.05) is 12.1 Å². The van der Waals surface area contributed by atoms with Crippen molar-refractivity contribution in [2.24, 2.45) is 7.05 Å². The summed E-state index contributed by atoms with van der Waals surface area (Å²) in [5, 5.41) is 9.80. The third kappa shape index (κ3) is 1.86. The van der Waals surface area contributed by atoms with Crippen LogP contribution in [0.25, 0.3) is 22.2 Å². The number of fused-ring (bicyclic) bond motifs is 1. The molecule has 0 bridgehead atoms.